The quantitative estimate of drug-likeness (QED) is 0.840. The number of carbonyl (C=O) groups excluding carboxylic acids is 1. The Morgan fingerprint density at radius 1 is 1.26 bits per heavy atom. The van der Waals surface area contributed by atoms with Gasteiger partial charge in [0.1, 0.15) is 5.82 Å². The maximum absolute atomic E-state index is 13.0. The van der Waals surface area contributed by atoms with Gasteiger partial charge < -0.3 is 9.74 Å². The summed E-state index contributed by atoms with van der Waals surface area (Å²) in [6.07, 6.45) is 1.56. The Kier molecular flexibility index (Phi) is 4.13. The second kappa shape index (κ2) is 5.95. The fourth-order valence-corrected chi connectivity index (χ4v) is 3.61. The van der Waals surface area contributed by atoms with Crippen LogP contribution in [0.2, 0.25) is 0 Å². The van der Waals surface area contributed by atoms with Crippen molar-refractivity contribution >= 4 is 11.6 Å². The van der Waals surface area contributed by atoms with Crippen molar-refractivity contribution in [1.82, 2.24) is 4.90 Å². The van der Waals surface area contributed by atoms with E-state index >= 15 is 0 Å². The van der Waals surface area contributed by atoms with Gasteiger partial charge in [-0.1, -0.05) is 31.1 Å². The molecule has 2 aliphatic rings. The van der Waals surface area contributed by atoms with E-state index in [9.17, 15) is 9.18 Å². The minimum atomic E-state index is -0.958. The second-order valence-electron chi connectivity index (χ2n) is 7.20. The predicted octanol–water partition coefficient (Wildman–Crippen LogP) is 3.21. The van der Waals surface area contributed by atoms with Crippen LogP contribution in [0.5, 0.6) is 0 Å². The zero-order valence-corrected chi connectivity index (χ0v) is 13.9. The van der Waals surface area contributed by atoms with Crippen LogP contribution in [0, 0.1) is 17.7 Å². The predicted molar refractivity (Wildman–Crippen MR) is 86.6 cm³/mol. The van der Waals surface area contributed by atoms with Crippen LogP contribution in [-0.4, -0.2) is 35.2 Å². The van der Waals surface area contributed by atoms with Gasteiger partial charge in [0.25, 0.3) is 5.91 Å². The molecule has 0 saturated carbocycles. The fourth-order valence-electron chi connectivity index (χ4n) is 3.61. The van der Waals surface area contributed by atoms with Crippen LogP contribution in [-0.2, 0) is 9.63 Å². The lowest BCUT2D eigenvalue weighted by Crippen LogP contribution is -2.52. The molecule has 0 radical (unpaired) electrons. The summed E-state index contributed by atoms with van der Waals surface area (Å²) in [5.74, 6) is 0.718. The second-order valence-corrected chi connectivity index (χ2v) is 7.20. The Hall–Kier alpha value is -1.91. The van der Waals surface area contributed by atoms with Crippen LogP contribution in [0.25, 0.3) is 0 Å². The number of rotatable bonds is 2. The molecule has 3 atom stereocenters. The fraction of sp³-hybridized carbons (Fsp3) is 0.556. The summed E-state index contributed by atoms with van der Waals surface area (Å²) in [6, 6.07) is 6.12. The summed E-state index contributed by atoms with van der Waals surface area (Å²) in [5.41, 5.74) is 0.530. The number of carbonyl (C=O) groups is 1. The molecular weight excluding hydrogens is 295 g/mol. The van der Waals surface area contributed by atoms with Gasteiger partial charge in [-0.25, -0.2) is 4.39 Å². The van der Waals surface area contributed by atoms with E-state index in [-0.39, 0.29) is 11.7 Å². The minimum absolute atomic E-state index is 0.00300. The molecule has 0 aliphatic carbocycles. The molecule has 23 heavy (non-hydrogen) atoms. The summed E-state index contributed by atoms with van der Waals surface area (Å²) in [7, 11) is 0. The largest absolute Gasteiger partial charge is 0.379 e. The van der Waals surface area contributed by atoms with E-state index in [2.05, 4.69) is 19.0 Å². The molecule has 2 heterocycles. The third kappa shape index (κ3) is 3.23. The topological polar surface area (TPSA) is 41.9 Å². The van der Waals surface area contributed by atoms with E-state index in [1.165, 1.54) is 12.1 Å². The van der Waals surface area contributed by atoms with Crippen molar-refractivity contribution in [2.45, 2.75) is 39.2 Å². The highest BCUT2D eigenvalue weighted by molar-refractivity contribution is 6.05. The van der Waals surface area contributed by atoms with Crippen molar-refractivity contribution in [3.05, 3.63) is 35.6 Å². The molecule has 0 bridgehead atoms. The first kappa shape index (κ1) is 16.0. The lowest BCUT2D eigenvalue weighted by atomic mass is 9.89. The Labute approximate surface area is 136 Å². The van der Waals surface area contributed by atoms with Crippen LogP contribution in [0.15, 0.2) is 29.4 Å². The monoisotopic (exact) mass is 318 g/mol. The third-order valence-corrected chi connectivity index (χ3v) is 4.65. The molecule has 4 nitrogen and oxygen atoms in total. The summed E-state index contributed by atoms with van der Waals surface area (Å²) in [5, 5.41) is 4.09. The first-order chi connectivity index (χ1) is 10.9. The summed E-state index contributed by atoms with van der Waals surface area (Å²) in [6.45, 7) is 7.68. The molecule has 3 rings (SSSR count). The van der Waals surface area contributed by atoms with Gasteiger partial charge in [-0.15, -0.1) is 0 Å². The summed E-state index contributed by atoms with van der Waals surface area (Å²) < 4.78 is 13.0. The Balaban J connectivity index is 1.71. The SMILES string of the molecule is CC1CC(C)CN(C(=O)C2(C)CC(c3ccc(F)cc3)=NO2)C1. The molecule has 1 aromatic rings. The zero-order valence-electron chi connectivity index (χ0n) is 13.9. The molecule has 1 amide bonds. The van der Waals surface area contributed by atoms with Gasteiger partial charge in [0.15, 0.2) is 0 Å². The van der Waals surface area contributed by atoms with Crippen LogP contribution in [0.3, 0.4) is 0 Å². The van der Waals surface area contributed by atoms with E-state index in [0.29, 0.717) is 24.0 Å². The maximum atomic E-state index is 13.0. The number of hydrogen-bond acceptors (Lipinski definition) is 3. The number of amides is 1. The van der Waals surface area contributed by atoms with E-state index in [4.69, 9.17) is 4.84 Å². The number of piperidine rings is 1. The molecule has 0 N–H and O–H groups in total. The average molecular weight is 318 g/mol. The summed E-state index contributed by atoms with van der Waals surface area (Å²) >= 11 is 0. The van der Waals surface area contributed by atoms with Crippen molar-refractivity contribution in [2.24, 2.45) is 17.0 Å². The number of benzene rings is 1. The van der Waals surface area contributed by atoms with E-state index in [0.717, 1.165) is 25.1 Å². The van der Waals surface area contributed by atoms with Gasteiger partial charge in [0.05, 0.1) is 5.71 Å². The number of halogens is 1. The number of nitrogens with zero attached hydrogens (tertiary/aromatic N) is 2. The molecule has 3 unspecified atom stereocenters. The average Bonchev–Trinajstić information content (AvgIpc) is 2.90. The van der Waals surface area contributed by atoms with Gasteiger partial charge in [0, 0.05) is 19.5 Å². The molecule has 1 aromatic carbocycles. The maximum Gasteiger partial charge on any atom is 0.269 e. The standard InChI is InChI=1S/C18H23FN2O2/c1-12-8-13(2)11-21(10-12)17(22)18(3)9-16(20-23-18)14-4-6-15(19)7-5-14/h4-7,12-13H,8-11H2,1-3H3. The highest BCUT2D eigenvalue weighted by atomic mass is 19.1. The smallest absolute Gasteiger partial charge is 0.269 e. The highest BCUT2D eigenvalue weighted by Gasteiger charge is 2.45. The van der Waals surface area contributed by atoms with Crippen molar-refractivity contribution in [3.8, 4) is 0 Å². The molecule has 0 spiro atoms. The molecule has 124 valence electrons. The lowest BCUT2D eigenvalue weighted by molar-refractivity contribution is -0.156. The number of oxime groups is 1. The highest BCUT2D eigenvalue weighted by Crippen LogP contribution is 2.31. The van der Waals surface area contributed by atoms with Crippen LogP contribution >= 0.6 is 0 Å². The molecule has 2 aliphatic heterocycles. The Morgan fingerprint density at radius 3 is 2.48 bits per heavy atom. The molecule has 0 aromatic heterocycles. The van der Waals surface area contributed by atoms with Gasteiger partial charge >= 0.3 is 0 Å². The minimum Gasteiger partial charge on any atom is -0.379 e. The summed E-state index contributed by atoms with van der Waals surface area (Å²) in [4.78, 5) is 20.3. The van der Waals surface area contributed by atoms with E-state index in [1.807, 2.05) is 4.90 Å². The van der Waals surface area contributed by atoms with Crippen molar-refractivity contribution < 1.29 is 14.0 Å². The number of hydrogen-bond donors (Lipinski definition) is 0. The normalized spacial score (nSPS) is 30.8. The van der Waals surface area contributed by atoms with Crippen LogP contribution in [0.4, 0.5) is 4.39 Å². The van der Waals surface area contributed by atoms with Gasteiger partial charge in [-0.3, -0.25) is 4.79 Å². The number of likely N-dealkylation sites (tertiary alicyclic amines) is 1. The van der Waals surface area contributed by atoms with Crippen molar-refractivity contribution in [3.63, 3.8) is 0 Å². The first-order valence-electron chi connectivity index (χ1n) is 8.18. The van der Waals surface area contributed by atoms with Crippen molar-refractivity contribution in [1.29, 1.82) is 0 Å². The third-order valence-electron chi connectivity index (χ3n) is 4.65. The Bertz CT molecular complexity index is 618. The Morgan fingerprint density at radius 2 is 1.87 bits per heavy atom. The van der Waals surface area contributed by atoms with Gasteiger partial charge in [0.2, 0.25) is 5.60 Å². The zero-order chi connectivity index (χ0) is 16.6. The van der Waals surface area contributed by atoms with Crippen molar-refractivity contribution in [2.75, 3.05) is 13.1 Å². The van der Waals surface area contributed by atoms with E-state index in [1.54, 1.807) is 19.1 Å². The molecule has 1 saturated heterocycles. The molecular formula is C18H23FN2O2. The lowest BCUT2D eigenvalue weighted by Gasteiger charge is -2.38. The van der Waals surface area contributed by atoms with Gasteiger partial charge in [-0.2, -0.15) is 0 Å². The van der Waals surface area contributed by atoms with E-state index < -0.39 is 5.60 Å². The molecule has 1 fully saturated rings. The first-order valence-corrected chi connectivity index (χ1v) is 8.18. The van der Waals surface area contributed by atoms with Crippen LogP contribution < -0.4 is 0 Å². The van der Waals surface area contributed by atoms with Gasteiger partial charge in [-0.05, 0) is 42.9 Å². The molecule has 5 heteroatoms. The van der Waals surface area contributed by atoms with Crippen LogP contribution in [0.1, 0.15) is 39.2 Å².